The molecule has 82 valence electrons. The number of rotatable bonds is 3. The quantitative estimate of drug-likeness (QED) is 0.692. The highest BCUT2D eigenvalue weighted by Crippen LogP contribution is 2.20. The molecule has 2 unspecified atom stereocenters. The van der Waals surface area contributed by atoms with Crippen LogP contribution in [0, 0.1) is 0 Å². The summed E-state index contributed by atoms with van der Waals surface area (Å²) in [5.41, 5.74) is 0. The van der Waals surface area contributed by atoms with Crippen molar-refractivity contribution in [1.82, 2.24) is 5.32 Å². The largest absolute Gasteiger partial charge is 0.415 e. The number of alkyl halides is 3. The normalized spacial score (nSPS) is 25.0. The lowest BCUT2D eigenvalue weighted by Gasteiger charge is -2.22. The summed E-state index contributed by atoms with van der Waals surface area (Å²) in [7, 11) is 0. The van der Waals surface area contributed by atoms with Gasteiger partial charge in [-0.3, -0.25) is 0 Å². The van der Waals surface area contributed by atoms with Gasteiger partial charge in [0.2, 0.25) is 0 Å². The topological polar surface area (TPSA) is 32.3 Å². The Hall–Kier alpha value is -0.550. The van der Waals surface area contributed by atoms with Gasteiger partial charge in [-0.2, -0.15) is 13.2 Å². The Morgan fingerprint density at radius 1 is 1.43 bits per heavy atom. The highest BCUT2D eigenvalue weighted by atomic mass is 19.4. The van der Waals surface area contributed by atoms with Gasteiger partial charge < -0.3 is 10.4 Å². The van der Waals surface area contributed by atoms with E-state index in [0.29, 0.717) is 0 Å². The summed E-state index contributed by atoms with van der Waals surface area (Å²) in [4.78, 5) is 0. The molecule has 0 spiro atoms. The third kappa shape index (κ3) is 3.67. The molecule has 5 heteroatoms. The Kier molecular flexibility index (Phi) is 3.95. The highest BCUT2D eigenvalue weighted by molar-refractivity contribution is 4.93. The molecule has 0 bridgehead atoms. The number of allylic oxidation sites excluding steroid dienone is 1. The minimum absolute atomic E-state index is 0.0667. The van der Waals surface area contributed by atoms with E-state index in [9.17, 15) is 13.2 Å². The average molecular weight is 209 g/mol. The monoisotopic (exact) mass is 209 g/mol. The zero-order valence-corrected chi connectivity index (χ0v) is 7.72. The van der Waals surface area contributed by atoms with E-state index in [1.54, 1.807) is 0 Å². The first-order valence-corrected chi connectivity index (χ1v) is 4.63. The standard InChI is InChI=1S/C9H14F3NO/c10-9(11,12)8(14)6-13-7-4-2-1-3-5-7/h1-2,7-8,13-14H,3-6H2. The Morgan fingerprint density at radius 3 is 2.64 bits per heavy atom. The van der Waals surface area contributed by atoms with Crippen molar-refractivity contribution in [2.45, 2.75) is 37.6 Å². The first-order chi connectivity index (χ1) is 6.50. The summed E-state index contributed by atoms with van der Waals surface area (Å²) in [5.74, 6) is 0. The third-order valence-electron chi connectivity index (χ3n) is 2.25. The lowest BCUT2D eigenvalue weighted by atomic mass is 10.0. The van der Waals surface area contributed by atoms with E-state index < -0.39 is 18.8 Å². The number of aliphatic hydroxyl groups is 1. The summed E-state index contributed by atoms with van der Waals surface area (Å²) in [6.07, 6.45) is -0.351. The summed E-state index contributed by atoms with van der Waals surface area (Å²) in [5, 5.41) is 11.4. The van der Waals surface area contributed by atoms with Crippen LogP contribution in [0.3, 0.4) is 0 Å². The molecule has 0 amide bonds. The molecule has 0 fully saturated rings. The van der Waals surface area contributed by atoms with Crippen LogP contribution in [0.4, 0.5) is 13.2 Å². The van der Waals surface area contributed by atoms with Crippen molar-refractivity contribution in [2.75, 3.05) is 6.54 Å². The van der Waals surface area contributed by atoms with E-state index in [2.05, 4.69) is 5.32 Å². The molecule has 2 N–H and O–H groups in total. The summed E-state index contributed by atoms with van der Waals surface area (Å²) >= 11 is 0. The molecule has 0 saturated heterocycles. The first-order valence-electron chi connectivity index (χ1n) is 4.63. The molecule has 14 heavy (non-hydrogen) atoms. The van der Waals surface area contributed by atoms with Crippen LogP contribution in [0.15, 0.2) is 12.2 Å². The van der Waals surface area contributed by atoms with Crippen molar-refractivity contribution in [3.8, 4) is 0 Å². The second-order valence-corrected chi connectivity index (χ2v) is 3.45. The number of hydrogen-bond donors (Lipinski definition) is 2. The molecular formula is C9H14F3NO. The second-order valence-electron chi connectivity index (χ2n) is 3.45. The Bertz CT molecular complexity index is 203. The van der Waals surface area contributed by atoms with Gasteiger partial charge in [0, 0.05) is 12.6 Å². The number of aliphatic hydroxyl groups excluding tert-OH is 1. The van der Waals surface area contributed by atoms with Crippen LogP contribution in [-0.2, 0) is 0 Å². The first kappa shape index (κ1) is 11.5. The smallest absolute Gasteiger partial charge is 0.382 e. The zero-order chi connectivity index (χ0) is 10.6. The van der Waals surface area contributed by atoms with E-state index in [0.717, 1.165) is 19.3 Å². The van der Waals surface area contributed by atoms with Gasteiger partial charge in [-0.25, -0.2) is 0 Å². The van der Waals surface area contributed by atoms with Gasteiger partial charge in [-0.15, -0.1) is 0 Å². The Labute approximate surface area is 80.8 Å². The summed E-state index contributed by atoms with van der Waals surface area (Å²) in [6.45, 7) is -0.415. The Balaban J connectivity index is 2.23. The average Bonchev–Trinajstić information content (AvgIpc) is 2.14. The molecule has 1 aliphatic carbocycles. The van der Waals surface area contributed by atoms with E-state index in [1.165, 1.54) is 0 Å². The van der Waals surface area contributed by atoms with Gasteiger partial charge in [0.25, 0.3) is 0 Å². The van der Waals surface area contributed by atoms with Crippen LogP contribution in [-0.4, -0.2) is 30.0 Å². The SMILES string of the molecule is OC(CNC1CC=CCC1)C(F)(F)F. The van der Waals surface area contributed by atoms with E-state index in [4.69, 9.17) is 5.11 Å². The molecule has 0 aromatic heterocycles. The molecule has 2 nitrogen and oxygen atoms in total. The van der Waals surface area contributed by atoms with Gasteiger partial charge in [-0.1, -0.05) is 12.2 Å². The maximum atomic E-state index is 11.9. The number of halogens is 3. The molecule has 2 atom stereocenters. The van der Waals surface area contributed by atoms with Crippen LogP contribution in [0.5, 0.6) is 0 Å². The molecule has 0 radical (unpaired) electrons. The highest BCUT2D eigenvalue weighted by Gasteiger charge is 2.37. The fourth-order valence-electron chi connectivity index (χ4n) is 1.37. The minimum atomic E-state index is -4.52. The van der Waals surface area contributed by atoms with Crippen LogP contribution >= 0.6 is 0 Å². The third-order valence-corrected chi connectivity index (χ3v) is 2.25. The lowest BCUT2D eigenvalue weighted by molar-refractivity contribution is -0.202. The molecule has 1 rings (SSSR count). The van der Waals surface area contributed by atoms with E-state index in [-0.39, 0.29) is 6.04 Å². The molecule has 1 aliphatic rings. The predicted molar refractivity (Wildman–Crippen MR) is 46.8 cm³/mol. The van der Waals surface area contributed by atoms with Crippen molar-refractivity contribution in [1.29, 1.82) is 0 Å². The van der Waals surface area contributed by atoms with Crippen LogP contribution in [0.1, 0.15) is 19.3 Å². The van der Waals surface area contributed by atoms with Crippen LogP contribution in [0.2, 0.25) is 0 Å². The summed E-state index contributed by atoms with van der Waals surface area (Å²) < 4.78 is 35.7. The van der Waals surface area contributed by atoms with Crippen LogP contribution in [0.25, 0.3) is 0 Å². The maximum absolute atomic E-state index is 11.9. The van der Waals surface area contributed by atoms with Gasteiger partial charge in [0.1, 0.15) is 0 Å². The van der Waals surface area contributed by atoms with Crippen molar-refractivity contribution >= 4 is 0 Å². The fourth-order valence-corrected chi connectivity index (χ4v) is 1.37. The molecule has 0 aromatic rings. The van der Waals surface area contributed by atoms with Crippen molar-refractivity contribution < 1.29 is 18.3 Å². The van der Waals surface area contributed by atoms with Crippen molar-refractivity contribution in [2.24, 2.45) is 0 Å². The van der Waals surface area contributed by atoms with Gasteiger partial charge >= 0.3 is 6.18 Å². The molecule has 0 aliphatic heterocycles. The maximum Gasteiger partial charge on any atom is 0.415 e. The van der Waals surface area contributed by atoms with Gasteiger partial charge in [-0.05, 0) is 19.3 Å². The lowest BCUT2D eigenvalue weighted by Crippen LogP contribution is -2.42. The fraction of sp³-hybridized carbons (Fsp3) is 0.778. The van der Waals surface area contributed by atoms with Gasteiger partial charge in [0.15, 0.2) is 6.10 Å². The number of hydrogen-bond acceptors (Lipinski definition) is 2. The molecule has 0 aromatic carbocycles. The zero-order valence-electron chi connectivity index (χ0n) is 7.72. The van der Waals surface area contributed by atoms with E-state index >= 15 is 0 Å². The molecule has 0 saturated carbocycles. The molecular weight excluding hydrogens is 195 g/mol. The minimum Gasteiger partial charge on any atom is -0.382 e. The number of nitrogens with one attached hydrogen (secondary N) is 1. The Morgan fingerprint density at radius 2 is 2.14 bits per heavy atom. The van der Waals surface area contributed by atoms with Crippen molar-refractivity contribution in [3.05, 3.63) is 12.2 Å². The summed E-state index contributed by atoms with van der Waals surface area (Å²) in [6, 6.07) is 0.0667. The van der Waals surface area contributed by atoms with E-state index in [1.807, 2.05) is 12.2 Å². The molecule has 0 heterocycles. The second kappa shape index (κ2) is 4.79. The van der Waals surface area contributed by atoms with Crippen molar-refractivity contribution in [3.63, 3.8) is 0 Å². The van der Waals surface area contributed by atoms with Crippen LogP contribution < -0.4 is 5.32 Å². The van der Waals surface area contributed by atoms with Gasteiger partial charge in [0.05, 0.1) is 0 Å². The predicted octanol–water partition coefficient (Wildman–Crippen LogP) is 1.61.